The highest BCUT2D eigenvalue weighted by molar-refractivity contribution is 7.91. The monoisotopic (exact) mass is 366 g/mol. The number of rotatable bonds is 5. The van der Waals surface area contributed by atoms with Gasteiger partial charge in [-0.3, -0.25) is 4.79 Å². The summed E-state index contributed by atoms with van der Waals surface area (Å²) < 4.78 is 22.8. The second-order valence-electron chi connectivity index (χ2n) is 6.07. The summed E-state index contributed by atoms with van der Waals surface area (Å²) in [7, 11) is -2.97. The molecule has 1 saturated heterocycles. The number of carbonyl (C=O) groups excluding carboxylic acids is 1. The van der Waals surface area contributed by atoms with E-state index < -0.39 is 9.84 Å². The van der Waals surface area contributed by atoms with Crippen molar-refractivity contribution in [2.75, 3.05) is 11.5 Å². The van der Waals surface area contributed by atoms with Crippen LogP contribution >= 0.6 is 11.6 Å². The van der Waals surface area contributed by atoms with Gasteiger partial charge in [0.1, 0.15) is 0 Å². The van der Waals surface area contributed by atoms with Gasteiger partial charge in [-0.15, -0.1) is 0 Å². The Kier molecular flexibility index (Phi) is 4.96. The fourth-order valence-corrected chi connectivity index (χ4v) is 4.64. The van der Waals surface area contributed by atoms with Gasteiger partial charge in [-0.1, -0.05) is 23.7 Å². The highest BCUT2D eigenvalue weighted by Crippen LogP contribution is 2.21. The summed E-state index contributed by atoms with van der Waals surface area (Å²) in [5, 5.41) is 3.49. The minimum atomic E-state index is -2.97. The Bertz CT molecular complexity index is 828. The summed E-state index contributed by atoms with van der Waals surface area (Å²) in [5.74, 6) is 0.112. The Morgan fingerprint density at radius 2 is 1.96 bits per heavy atom. The zero-order chi connectivity index (χ0) is 17.2. The highest BCUT2D eigenvalue weighted by atomic mass is 35.5. The van der Waals surface area contributed by atoms with Gasteiger partial charge in [-0.05, 0) is 42.7 Å². The number of H-pyrrole nitrogens is 1. The van der Waals surface area contributed by atoms with E-state index in [-0.39, 0.29) is 23.5 Å². The molecule has 7 heteroatoms. The van der Waals surface area contributed by atoms with Crippen molar-refractivity contribution in [1.82, 2.24) is 10.3 Å². The van der Waals surface area contributed by atoms with Crippen molar-refractivity contribution in [3.8, 4) is 11.3 Å². The molecule has 0 bridgehead atoms. The number of hydrogen-bond donors (Lipinski definition) is 2. The average molecular weight is 367 g/mol. The van der Waals surface area contributed by atoms with Gasteiger partial charge in [0.05, 0.1) is 11.5 Å². The molecule has 3 rings (SSSR count). The zero-order valence-corrected chi connectivity index (χ0v) is 14.7. The molecule has 24 heavy (non-hydrogen) atoms. The van der Waals surface area contributed by atoms with E-state index >= 15 is 0 Å². The third-order valence-electron chi connectivity index (χ3n) is 4.12. The molecule has 0 aliphatic carbocycles. The van der Waals surface area contributed by atoms with E-state index in [1.165, 1.54) is 0 Å². The molecule has 1 aliphatic heterocycles. The highest BCUT2D eigenvalue weighted by Gasteiger charge is 2.28. The van der Waals surface area contributed by atoms with Crippen LogP contribution in [0.3, 0.4) is 0 Å². The number of benzene rings is 1. The van der Waals surface area contributed by atoms with Crippen LogP contribution in [0.5, 0.6) is 0 Å². The topological polar surface area (TPSA) is 79.0 Å². The van der Waals surface area contributed by atoms with Crippen molar-refractivity contribution in [3.63, 3.8) is 0 Å². The average Bonchev–Trinajstić information content (AvgIpc) is 3.12. The van der Waals surface area contributed by atoms with E-state index in [0.717, 1.165) is 17.0 Å². The van der Waals surface area contributed by atoms with Gasteiger partial charge in [-0.2, -0.15) is 0 Å². The largest absolute Gasteiger partial charge is 0.358 e. The smallest absolute Gasteiger partial charge is 0.220 e. The number of nitrogens with one attached hydrogen (secondary N) is 2. The Balaban J connectivity index is 1.52. The molecule has 2 aromatic rings. The van der Waals surface area contributed by atoms with Crippen LogP contribution in [0.2, 0.25) is 5.02 Å². The molecule has 1 aromatic carbocycles. The van der Waals surface area contributed by atoms with Crippen molar-refractivity contribution in [3.05, 3.63) is 47.1 Å². The van der Waals surface area contributed by atoms with Crippen LogP contribution in [-0.2, 0) is 21.1 Å². The summed E-state index contributed by atoms with van der Waals surface area (Å²) in [4.78, 5) is 15.3. The first-order chi connectivity index (χ1) is 11.4. The van der Waals surface area contributed by atoms with Crippen LogP contribution in [0.4, 0.5) is 0 Å². The first kappa shape index (κ1) is 17.0. The molecule has 0 spiro atoms. The van der Waals surface area contributed by atoms with Crippen LogP contribution in [0.15, 0.2) is 36.4 Å². The molecule has 1 fully saturated rings. The first-order valence-corrected chi connectivity index (χ1v) is 10.0. The molecule has 1 aliphatic rings. The maximum Gasteiger partial charge on any atom is 0.220 e. The predicted octanol–water partition coefficient (Wildman–Crippen LogP) is 2.57. The van der Waals surface area contributed by atoms with Crippen molar-refractivity contribution in [1.29, 1.82) is 0 Å². The van der Waals surface area contributed by atoms with Gasteiger partial charge in [0.25, 0.3) is 0 Å². The molecule has 1 atom stereocenters. The van der Waals surface area contributed by atoms with Crippen LogP contribution in [0, 0.1) is 0 Å². The van der Waals surface area contributed by atoms with Crippen molar-refractivity contribution < 1.29 is 13.2 Å². The molecular formula is C17H19ClN2O3S. The third-order valence-corrected chi connectivity index (χ3v) is 6.14. The van der Waals surface area contributed by atoms with Gasteiger partial charge >= 0.3 is 0 Å². The number of aryl methyl sites for hydroxylation is 1. The van der Waals surface area contributed by atoms with E-state index in [9.17, 15) is 13.2 Å². The maximum atomic E-state index is 12.0. The Morgan fingerprint density at radius 3 is 2.62 bits per heavy atom. The predicted molar refractivity (Wildman–Crippen MR) is 94.8 cm³/mol. The second-order valence-corrected chi connectivity index (χ2v) is 8.74. The Hall–Kier alpha value is -1.79. The van der Waals surface area contributed by atoms with Crippen LogP contribution in [0.25, 0.3) is 11.3 Å². The van der Waals surface area contributed by atoms with E-state index in [2.05, 4.69) is 10.3 Å². The SMILES string of the molecule is O=C(CCc1ccc(-c2ccc(Cl)cc2)[nH]1)N[C@@H]1CCS(=O)(=O)C1. The minimum absolute atomic E-state index is 0.0575. The summed E-state index contributed by atoms with van der Waals surface area (Å²) in [6, 6.07) is 11.2. The van der Waals surface area contributed by atoms with Gasteiger partial charge in [0.15, 0.2) is 9.84 Å². The van der Waals surface area contributed by atoms with Crippen molar-refractivity contribution >= 4 is 27.3 Å². The van der Waals surface area contributed by atoms with Gasteiger partial charge in [0.2, 0.25) is 5.91 Å². The van der Waals surface area contributed by atoms with Gasteiger partial charge < -0.3 is 10.3 Å². The number of carbonyl (C=O) groups is 1. The van der Waals surface area contributed by atoms with E-state index in [1.54, 1.807) is 0 Å². The number of amides is 1. The molecule has 1 aromatic heterocycles. The van der Waals surface area contributed by atoms with E-state index in [0.29, 0.717) is 24.3 Å². The summed E-state index contributed by atoms with van der Waals surface area (Å²) in [5.41, 5.74) is 2.98. The van der Waals surface area contributed by atoms with Crippen molar-refractivity contribution in [2.24, 2.45) is 0 Å². The van der Waals surface area contributed by atoms with Gasteiger partial charge in [-0.25, -0.2) is 8.42 Å². The normalized spacial score (nSPS) is 19.3. The number of aromatic nitrogens is 1. The molecule has 5 nitrogen and oxygen atoms in total. The lowest BCUT2D eigenvalue weighted by Crippen LogP contribution is -2.35. The number of aromatic amines is 1. The van der Waals surface area contributed by atoms with E-state index in [1.807, 2.05) is 36.4 Å². The zero-order valence-electron chi connectivity index (χ0n) is 13.1. The molecule has 2 heterocycles. The number of sulfone groups is 1. The number of hydrogen-bond acceptors (Lipinski definition) is 3. The molecular weight excluding hydrogens is 348 g/mol. The molecule has 2 N–H and O–H groups in total. The molecule has 0 unspecified atom stereocenters. The van der Waals surface area contributed by atoms with Crippen LogP contribution in [-0.4, -0.2) is 36.9 Å². The number of halogens is 1. The summed E-state index contributed by atoms with van der Waals surface area (Å²) in [6.07, 6.45) is 1.42. The Labute approximate surface area is 146 Å². The second kappa shape index (κ2) is 6.99. The fourth-order valence-electron chi connectivity index (χ4n) is 2.84. The van der Waals surface area contributed by atoms with E-state index in [4.69, 9.17) is 11.6 Å². The Morgan fingerprint density at radius 1 is 1.21 bits per heavy atom. The fraction of sp³-hybridized carbons (Fsp3) is 0.353. The maximum absolute atomic E-state index is 12.0. The molecule has 1 amide bonds. The van der Waals surface area contributed by atoms with Crippen molar-refractivity contribution in [2.45, 2.75) is 25.3 Å². The minimum Gasteiger partial charge on any atom is -0.358 e. The molecule has 128 valence electrons. The molecule has 0 saturated carbocycles. The quantitative estimate of drug-likeness (QED) is 0.853. The van der Waals surface area contributed by atoms with Crippen LogP contribution in [0.1, 0.15) is 18.5 Å². The summed E-state index contributed by atoms with van der Waals surface area (Å²) >= 11 is 5.88. The lowest BCUT2D eigenvalue weighted by atomic mass is 10.2. The third kappa shape index (κ3) is 4.39. The molecule has 0 radical (unpaired) electrons. The van der Waals surface area contributed by atoms with Gasteiger partial charge in [0, 0.05) is 28.9 Å². The standard InChI is InChI=1S/C17H19ClN2O3S/c18-13-3-1-12(2-4-13)16-7-5-14(19-16)6-8-17(21)20-15-9-10-24(22,23)11-15/h1-5,7,15,19H,6,8-11H2,(H,20,21)/t15-/m1/s1. The summed E-state index contributed by atoms with van der Waals surface area (Å²) in [6.45, 7) is 0. The lowest BCUT2D eigenvalue weighted by Gasteiger charge is -2.10. The lowest BCUT2D eigenvalue weighted by molar-refractivity contribution is -0.121. The van der Waals surface area contributed by atoms with Crippen LogP contribution < -0.4 is 5.32 Å². The first-order valence-electron chi connectivity index (χ1n) is 7.85.